The molecule has 0 fully saturated rings. The first kappa shape index (κ1) is 23.4. The average molecular weight is 505 g/mol. The van der Waals surface area contributed by atoms with Crippen LogP contribution < -0.4 is 0 Å². The zero-order chi connectivity index (χ0) is 26.3. The molecule has 0 radical (unpaired) electrons. The fraction of sp³-hybridized carbons (Fsp3) is 0.111. The Morgan fingerprint density at radius 3 is 2.28 bits per heavy atom. The number of nitrogens with zero attached hydrogens (tertiary/aromatic N) is 2. The van der Waals surface area contributed by atoms with Gasteiger partial charge in [-0.2, -0.15) is 0 Å². The molecular weight excluding hydrogens is 476 g/mol. The normalized spacial score (nSPS) is 11.7. The van der Waals surface area contributed by atoms with Gasteiger partial charge in [-0.1, -0.05) is 80.6 Å². The van der Waals surface area contributed by atoms with E-state index in [1.165, 1.54) is 21.9 Å². The molecule has 0 unspecified atom stereocenters. The van der Waals surface area contributed by atoms with Gasteiger partial charge in [0, 0.05) is 33.8 Å². The minimum atomic E-state index is 0.532. The van der Waals surface area contributed by atoms with Crippen LogP contribution >= 0.6 is 0 Å². The number of pyridine rings is 2. The standard InChI is InChI=1S/C36H28N2O/c1-23(2)19-30-14-15-32-33(22-29-16-18-39-36(29)35(32)38-30)34-31(9-6-17-37-34)28-13-12-26-20-25(10-11-27(26)21-28)24-7-4-3-5-8-24/h3-18,20-23H,19H2,1-2H3. The fourth-order valence-corrected chi connectivity index (χ4v) is 5.55. The van der Waals surface area contributed by atoms with E-state index in [1.54, 1.807) is 6.26 Å². The largest absolute Gasteiger partial charge is 0.462 e. The highest BCUT2D eigenvalue weighted by Crippen LogP contribution is 2.39. The average Bonchev–Trinajstić information content (AvgIpc) is 3.45. The van der Waals surface area contributed by atoms with E-state index in [0.29, 0.717) is 5.92 Å². The molecule has 0 aliphatic rings. The smallest absolute Gasteiger partial charge is 0.160 e. The topological polar surface area (TPSA) is 38.9 Å². The lowest BCUT2D eigenvalue weighted by Crippen LogP contribution is -1.98. The highest BCUT2D eigenvalue weighted by atomic mass is 16.3. The maximum Gasteiger partial charge on any atom is 0.160 e. The van der Waals surface area contributed by atoms with Crippen molar-refractivity contribution in [2.24, 2.45) is 5.92 Å². The van der Waals surface area contributed by atoms with E-state index < -0.39 is 0 Å². The lowest BCUT2D eigenvalue weighted by molar-refractivity contribution is 0.616. The van der Waals surface area contributed by atoms with Gasteiger partial charge in [0.05, 0.1) is 12.0 Å². The van der Waals surface area contributed by atoms with Gasteiger partial charge in [0.15, 0.2) is 5.58 Å². The summed E-state index contributed by atoms with van der Waals surface area (Å²) in [6, 6.07) is 36.6. The lowest BCUT2D eigenvalue weighted by Gasteiger charge is -2.14. The summed E-state index contributed by atoms with van der Waals surface area (Å²) in [5.41, 5.74) is 9.52. The molecule has 0 aliphatic carbocycles. The molecule has 3 aromatic heterocycles. The Morgan fingerprint density at radius 1 is 0.667 bits per heavy atom. The summed E-state index contributed by atoms with van der Waals surface area (Å²) in [6.45, 7) is 4.44. The van der Waals surface area contributed by atoms with Gasteiger partial charge in [0.1, 0.15) is 5.52 Å². The minimum absolute atomic E-state index is 0.532. The van der Waals surface area contributed by atoms with E-state index in [4.69, 9.17) is 14.4 Å². The van der Waals surface area contributed by atoms with E-state index in [9.17, 15) is 0 Å². The summed E-state index contributed by atoms with van der Waals surface area (Å²) < 4.78 is 5.90. The van der Waals surface area contributed by atoms with Crippen molar-refractivity contribution in [1.29, 1.82) is 0 Å². The molecule has 0 N–H and O–H groups in total. The van der Waals surface area contributed by atoms with Crippen LogP contribution in [0.15, 0.2) is 120 Å². The minimum Gasteiger partial charge on any atom is -0.462 e. The maximum atomic E-state index is 5.90. The quantitative estimate of drug-likeness (QED) is 0.234. The van der Waals surface area contributed by atoms with Crippen molar-refractivity contribution < 1.29 is 4.42 Å². The van der Waals surface area contributed by atoms with Crippen molar-refractivity contribution in [3.05, 3.63) is 121 Å². The van der Waals surface area contributed by atoms with Gasteiger partial charge in [-0.3, -0.25) is 4.98 Å². The highest BCUT2D eigenvalue weighted by Gasteiger charge is 2.17. The van der Waals surface area contributed by atoms with E-state index in [0.717, 1.165) is 56.4 Å². The summed E-state index contributed by atoms with van der Waals surface area (Å²) in [5, 5.41) is 4.52. The van der Waals surface area contributed by atoms with Gasteiger partial charge in [-0.25, -0.2) is 4.98 Å². The molecule has 188 valence electrons. The van der Waals surface area contributed by atoms with Crippen LogP contribution in [-0.2, 0) is 6.42 Å². The molecule has 0 spiro atoms. The van der Waals surface area contributed by atoms with Crippen LogP contribution in [0.2, 0.25) is 0 Å². The molecule has 4 aromatic carbocycles. The lowest BCUT2D eigenvalue weighted by atomic mass is 9.93. The predicted octanol–water partition coefficient (Wildman–Crippen LogP) is 9.73. The van der Waals surface area contributed by atoms with Crippen molar-refractivity contribution in [2.45, 2.75) is 20.3 Å². The van der Waals surface area contributed by atoms with Crippen molar-refractivity contribution in [3.63, 3.8) is 0 Å². The molecule has 0 aliphatic heterocycles. The molecular formula is C36H28N2O. The first-order chi connectivity index (χ1) is 19.1. The van der Waals surface area contributed by atoms with Gasteiger partial charge in [-0.05, 0) is 76.2 Å². The molecule has 0 saturated carbocycles. The third kappa shape index (κ3) is 4.26. The fourth-order valence-electron chi connectivity index (χ4n) is 5.55. The van der Waals surface area contributed by atoms with Gasteiger partial charge in [0.25, 0.3) is 0 Å². The molecule has 0 amide bonds. The second kappa shape index (κ2) is 9.52. The Kier molecular flexibility index (Phi) is 5.70. The summed E-state index contributed by atoms with van der Waals surface area (Å²) >= 11 is 0. The van der Waals surface area contributed by atoms with Crippen LogP contribution in [-0.4, -0.2) is 9.97 Å². The van der Waals surface area contributed by atoms with E-state index in [1.807, 2.05) is 18.3 Å². The van der Waals surface area contributed by atoms with Crippen LogP contribution in [0.5, 0.6) is 0 Å². The van der Waals surface area contributed by atoms with Crippen molar-refractivity contribution in [3.8, 4) is 33.5 Å². The first-order valence-corrected chi connectivity index (χ1v) is 13.5. The number of rotatable bonds is 5. The summed E-state index contributed by atoms with van der Waals surface area (Å²) in [4.78, 5) is 9.97. The molecule has 3 heterocycles. The summed E-state index contributed by atoms with van der Waals surface area (Å²) in [5.74, 6) is 0.532. The van der Waals surface area contributed by atoms with Crippen LogP contribution in [0.25, 0.3) is 66.2 Å². The number of benzene rings is 4. The number of aromatic nitrogens is 2. The first-order valence-electron chi connectivity index (χ1n) is 13.5. The molecule has 3 nitrogen and oxygen atoms in total. The molecule has 3 heteroatoms. The van der Waals surface area contributed by atoms with Gasteiger partial charge in [0.2, 0.25) is 0 Å². The zero-order valence-electron chi connectivity index (χ0n) is 22.1. The molecule has 0 saturated heterocycles. The highest BCUT2D eigenvalue weighted by molar-refractivity contribution is 6.10. The zero-order valence-corrected chi connectivity index (χ0v) is 22.1. The number of hydrogen-bond acceptors (Lipinski definition) is 3. The third-order valence-electron chi connectivity index (χ3n) is 7.39. The van der Waals surface area contributed by atoms with Crippen molar-refractivity contribution >= 4 is 32.6 Å². The summed E-state index contributed by atoms with van der Waals surface area (Å²) in [6.07, 6.45) is 4.55. The summed E-state index contributed by atoms with van der Waals surface area (Å²) in [7, 11) is 0. The Hall–Kier alpha value is -4.76. The molecule has 39 heavy (non-hydrogen) atoms. The molecule has 0 bridgehead atoms. The van der Waals surface area contributed by atoms with Crippen molar-refractivity contribution in [2.75, 3.05) is 0 Å². The Bertz CT molecular complexity index is 1970. The van der Waals surface area contributed by atoms with Crippen molar-refractivity contribution in [1.82, 2.24) is 9.97 Å². The van der Waals surface area contributed by atoms with Gasteiger partial charge < -0.3 is 4.42 Å². The van der Waals surface area contributed by atoms with Crippen LogP contribution in [0.1, 0.15) is 19.5 Å². The van der Waals surface area contributed by atoms with Gasteiger partial charge >= 0.3 is 0 Å². The second-order valence-electron chi connectivity index (χ2n) is 10.6. The number of furan rings is 1. The SMILES string of the molecule is CC(C)Cc1ccc2c(-c3ncccc3-c3ccc4cc(-c5ccccc5)ccc4c3)cc3ccoc3c2n1. The van der Waals surface area contributed by atoms with Gasteiger partial charge in [-0.15, -0.1) is 0 Å². The van der Waals surface area contributed by atoms with Crippen LogP contribution in [0, 0.1) is 5.92 Å². The second-order valence-corrected chi connectivity index (χ2v) is 10.6. The Labute approximate surface area is 227 Å². The number of hydrogen-bond donors (Lipinski definition) is 0. The predicted molar refractivity (Wildman–Crippen MR) is 162 cm³/mol. The monoisotopic (exact) mass is 504 g/mol. The van der Waals surface area contributed by atoms with Crippen LogP contribution in [0.4, 0.5) is 0 Å². The Morgan fingerprint density at radius 2 is 1.46 bits per heavy atom. The maximum absolute atomic E-state index is 5.90. The Balaban J connectivity index is 1.38. The van der Waals surface area contributed by atoms with E-state index in [2.05, 4.69) is 105 Å². The number of fused-ring (bicyclic) bond motifs is 4. The van der Waals surface area contributed by atoms with Crippen LogP contribution in [0.3, 0.4) is 0 Å². The van der Waals surface area contributed by atoms with E-state index >= 15 is 0 Å². The third-order valence-corrected chi connectivity index (χ3v) is 7.39. The molecule has 0 atom stereocenters. The molecule has 7 rings (SSSR count). The molecule has 7 aromatic rings. The van der Waals surface area contributed by atoms with E-state index in [-0.39, 0.29) is 0 Å².